The smallest absolute Gasteiger partial charge is 0.387 e. The lowest BCUT2D eigenvalue weighted by Crippen LogP contribution is -2.22. The zero-order valence-electron chi connectivity index (χ0n) is 9.81. The first kappa shape index (κ1) is 13.1. The van der Waals surface area contributed by atoms with Crippen LogP contribution in [0.2, 0.25) is 0 Å². The summed E-state index contributed by atoms with van der Waals surface area (Å²) < 4.78 is 33.7. The van der Waals surface area contributed by atoms with E-state index in [9.17, 15) is 13.6 Å². The zero-order valence-corrected chi connectivity index (χ0v) is 9.81. The second-order valence-electron chi connectivity index (χ2n) is 3.65. The van der Waals surface area contributed by atoms with Gasteiger partial charge in [0.25, 0.3) is 5.91 Å². The van der Waals surface area contributed by atoms with Gasteiger partial charge in [0, 0.05) is 12.1 Å². The van der Waals surface area contributed by atoms with E-state index in [4.69, 9.17) is 4.42 Å². The minimum Gasteiger partial charge on any atom is -0.459 e. The van der Waals surface area contributed by atoms with Gasteiger partial charge in [-0.15, -0.1) is 0 Å². The van der Waals surface area contributed by atoms with Gasteiger partial charge in [-0.3, -0.25) is 4.79 Å². The number of carbonyl (C=O) groups excluding carboxylic acids is 1. The second-order valence-corrected chi connectivity index (χ2v) is 3.65. The highest BCUT2D eigenvalue weighted by atomic mass is 19.3. The summed E-state index contributed by atoms with van der Waals surface area (Å²) in [6.45, 7) is -2.83. The van der Waals surface area contributed by atoms with Gasteiger partial charge in [0.05, 0.1) is 6.26 Å². The lowest BCUT2D eigenvalue weighted by Gasteiger charge is -2.10. The van der Waals surface area contributed by atoms with Gasteiger partial charge in [-0.1, -0.05) is 18.2 Å². The topological polar surface area (TPSA) is 51.5 Å². The summed E-state index contributed by atoms with van der Waals surface area (Å²) in [4.78, 5) is 11.6. The van der Waals surface area contributed by atoms with Gasteiger partial charge in [-0.05, 0) is 18.2 Å². The molecule has 0 fully saturated rings. The first-order chi connectivity index (χ1) is 9.16. The van der Waals surface area contributed by atoms with Crippen molar-refractivity contribution in [3.05, 3.63) is 54.0 Å². The molecule has 1 aromatic heterocycles. The number of hydrogen-bond acceptors (Lipinski definition) is 3. The third-order valence-corrected chi connectivity index (χ3v) is 2.37. The summed E-state index contributed by atoms with van der Waals surface area (Å²) >= 11 is 0. The van der Waals surface area contributed by atoms with Gasteiger partial charge in [-0.2, -0.15) is 8.78 Å². The fraction of sp³-hybridized carbons (Fsp3) is 0.154. The first-order valence-electron chi connectivity index (χ1n) is 5.51. The zero-order chi connectivity index (χ0) is 13.7. The summed E-state index contributed by atoms with van der Waals surface area (Å²) in [7, 11) is 0. The molecule has 0 aliphatic heterocycles. The van der Waals surface area contributed by atoms with Gasteiger partial charge in [0.15, 0.2) is 5.76 Å². The Kier molecular flexibility index (Phi) is 4.12. The van der Waals surface area contributed by atoms with Crippen molar-refractivity contribution >= 4 is 5.91 Å². The van der Waals surface area contributed by atoms with Crippen LogP contribution in [-0.2, 0) is 6.54 Å². The molecule has 19 heavy (non-hydrogen) atoms. The third kappa shape index (κ3) is 3.54. The maximum absolute atomic E-state index is 12.2. The van der Waals surface area contributed by atoms with Crippen molar-refractivity contribution in [1.82, 2.24) is 5.32 Å². The van der Waals surface area contributed by atoms with E-state index < -0.39 is 12.5 Å². The largest absolute Gasteiger partial charge is 0.459 e. The monoisotopic (exact) mass is 267 g/mol. The highest BCUT2D eigenvalue weighted by molar-refractivity contribution is 5.91. The van der Waals surface area contributed by atoms with Crippen molar-refractivity contribution in [3.63, 3.8) is 0 Å². The van der Waals surface area contributed by atoms with E-state index in [0.717, 1.165) is 0 Å². The van der Waals surface area contributed by atoms with Crippen molar-refractivity contribution < 1.29 is 22.7 Å². The molecule has 0 aliphatic carbocycles. The van der Waals surface area contributed by atoms with Crippen molar-refractivity contribution in [2.24, 2.45) is 0 Å². The molecule has 1 amide bonds. The van der Waals surface area contributed by atoms with Crippen LogP contribution in [0.1, 0.15) is 16.1 Å². The Labute approximate surface area is 108 Å². The summed E-state index contributed by atoms with van der Waals surface area (Å²) in [6, 6.07) is 9.36. The normalized spacial score (nSPS) is 10.5. The van der Waals surface area contributed by atoms with Crippen molar-refractivity contribution in [1.29, 1.82) is 0 Å². The number of amides is 1. The minimum atomic E-state index is -2.90. The fourth-order valence-electron chi connectivity index (χ4n) is 1.53. The predicted molar refractivity (Wildman–Crippen MR) is 63.0 cm³/mol. The van der Waals surface area contributed by atoms with E-state index in [0.29, 0.717) is 5.56 Å². The lowest BCUT2D eigenvalue weighted by atomic mass is 10.2. The lowest BCUT2D eigenvalue weighted by molar-refractivity contribution is -0.0504. The Bertz CT molecular complexity index is 541. The van der Waals surface area contributed by atoms with Crippen LogP contribution in [-0.4, -0.2) is 12.5 Å². The summed E-state index contributed by atoms with van der Waals surface area (Å²) in [5.74, 6) is -0.221. The van der Waals surface area contributed by atoms with Gasteiger partial charge in [0.2, 0.25) is 0 Å². The number of halogens is 2. The van der Waals surface area contributed by atoms with E-state index in [1.54, 1.807) is 24.3 Å². The maximum Gasteiger partial charge on any atom is 0.387 e. The van der Waals surface area contributed by atoms with Gasteiger partial charge >= 0.3 is 6.61 Å². The van der Waals surface area contributed by atoms with Crippen LogP contribution < -0.4 is 10.1 Å². The molecule has 0 atom stereocenters. The average molecular weight is 267 g/mol. The number of ether oxygens (including phenoxy) is 1. The number of nitrogens with one attached hydrogen (secondary N) is 1. The van der Waals surface area contributed by atoms with E-state index in [2.05, 4.69) is 10.1 Å². The highest BCUT2D eigenvalue weighted by Crippen LogP contribution is 2.20. The van der Waals surface area contributed by atoms with Crippen molar-refractivity contribution in [3.8, 4) is 5.75 Å². The Morgan fingerprint density at radius 2 is 2.05 bits per heavy atom. The SMILES string of the molecule is O=C(NCc1ccccc1OC(F)F)c1ccco1. The molecule has 1 aromatic carbocycles. The fourth-order valence-corrected chi connectivity index (χ4v) is 1.53. The van der Waals surface area contributed by atoms with E-state index in [-0.39, 0.29) is 18.1 Å². The number of furan rings is 1. The quantitative estimate of drug-likeness (QED) is 0.906. The van der Waals surface area contributed by atoms with Crippen LogP contribution in [0.5, 0.6) is 5.75 Å². The molecular formula is C13H11F2NO3. The van der Waals surface area contributed by atoms with E-state index >= 15 is 0 Å². The molecule has 1 heterocycles. The standard InChI is InChI=1S/C13H11F2NO3/c14-13(15)19-10-5-2-1-4-9(10)8-16-12(17)11-6-3-7-18-11/h1-7,13H,8H2,(H,16,17). The van der Waals surface area contributed by atoms with E-state index in [1.807, 2.05) is 0 Å². The number of hydrogen-bond donors (Lipinski definition) is 1. The van der Waals surface area contributed by atoms with Gasteiger partial charge in [0.1, 0.15) is 5.75 Å². The molecule has 0 saturated carbocycles. The van der Waals surface area contributed by atoms with Crippen LogP contribution in [0.25, 0.3) is 0 Å². The molecule has 2 aromatic rings. The minimum absolute atomic E-state index is 0.0391. The average Bonchev–Trinajstić information content (AvgIpc) is 2.90. The first-order valence-corrected chi connectivity index (χ1v) is 5.51. The molecule has 0 unspecified atom stereocenters. The Morgan fingerprint density at radius 3 is 2.74 bits per heavy atom. The summed E-state index contributed by atoms with van der Waals surface area (Å²) in [5, 5.41) is 2.56. The van der Waals surface area contributed by atoms with Gasteiger partial charge in [-0.25, -0.2) is 0 Å². The molecule has 0 spiro atoms. The van der Waals surface area contributed by atoms with E-state index in [1.165, 1.54) is 18.4 Å². The van der Waals surface area contributed by atoms with Crippen LogP contribution in [0.3, 0.4) is 0 Å². The molecular weight excluding hydrogens is 256 g/mol. The highest BCUT2D eigenvalue weighted by Gasteiger charge is 2.11. The molecule has 4 nitrogen and oxygen atoms in total. The number of para-hydroxylation sites is 1. The third-order valence-electron chi connectivity index (χ3n) is 2.37. The second kappa shape index (κ2) is 5.99. The molecule has 0 saturated heterocycles. The Hall–Kier alpha value is -2.37. The van der Waals surface area contributed by atoms with Crippen molar-refractivity contribution in [2.45, 2.75) is 13.2 Å². The summed E-state index contributed by atoms with van der Waals surface area (Å²) in [5.41, 5.74) is 0.461. The molecule has 6 heteroatoms. The molecule has 0 bridgehead atoms. The number of alkyl halides is 2. The van der Waals surface area contributed by atoms with Crippen LogP contribution in [0.4, 0.5) is 8.78 Å². The van der Waals surface area contributed by atoms with Crippen molar-refractivity contribution in [2.75, 3.05) is 0 Å². The van der Waals surface area contributed by atoms with Crippen LogP contribution in [0.15, 0.2) is 47.1 Å². The van der Waals surface area contributed by atoms with Crippen LogP contribution >= 0.6 is 0 Å². The van der Waals surface area contributed by atoms with Crippen LogP contribution in [0, 0.1) is 0 Å². The molecule has 1 N–H and O–H groups in total. The number of carbonyl (C=O) groups is 1. The maximum atomic E-state index is 12.2. The molecule has 100 valence electrons. The van der Waals surface area contributed by atoms with Gasteiger partial charge < -0.3 is 14.5 Å². The summed E-state index contributed by atoms with van der Waals surface area (Å²) in [6.07, 6.45) is 1.38. The molecule has 0 radical (unpaired) electrons. The number of benzene rings is 1. The predicted octanol–water partition coefficient (Wildman–Crippen LogP) is 2.81. The Morgan fingerprint density at radius 1 is 1.26 bits per heavy atom. The molecule has 0 aliphatic rings. The Balaban J connectivity index is 2.01. The molecule has 2 rings (SSSR count). The number of rotatable bonds is 5.